The summed E-state index contributed by atoms with van der Waals surface area (Å²) in [6.45, 7) is 0. The second kappa shape index (κ2) is 7.78. The number of nitrogens with zero attached hydrogens (tertiary/aromatic N) is 3. The first kappa shape index (κ1) is 18.1. The Balaban J connectivity index is 1.55. The minimum absolute atomic E-state index is 0.290. The van der Waals surface area contributed by atoms with Gasteiger partial charge in [-0.25, -0.2) is 10.2 Å². The predicted octanol–water partition coefficient (Wildman–Crippen LogP) is 5.10. The van der Waals surface area contributed by atoms with E-state index in [0.717, 1.165) is 32.4 Å². The summed E-state index contributed by atoms with van der Waals surface area (Å²) in [4.78, 5) is 18.7. The highest BCUT2D eigenvalue weighted by atomic mass is 32.2. The van der Waals surface area contributed by atoms with E-state index in [1.54, 1.807) is 22.9 Å². The number of fused-ring (bicyclic) bond motifs is 2. The molecule has 0 bridgehead atoms. The summed E-state index contributed by atoms with van der Waals surface area (Å²) in [7, 11) is 3.99. The van der Waals surface area contributed by atoms with Gasteiger partial charge < -0.3 is 4.90 Å². The zero-order valence-corrected chi connectivity index (χ0v) is 16.5. The van der Waals surface area contributed by atoms with Crippen LogP contribution in [0.15, 0.2) is 87.7 Å². The normalized spacial score (nSPS) is 12.4. The Labute approximate surface area is 168 Å². The van der Waals surface area contributed by atoms with Gasteiger partial charge in [-0.05, 0) is 42.0 Å². The molecule has 0 aliphatic carbocycles. The van der Waals surface area contributed by atoms with Crippen LogP contribution in [-0.4, -0.2) is 26.3 Å². The average Bonchev–Trinajstić information content (AvgIpc) is 2.72. The van der Waals surface area contributed by atoms with Gasteiger partial charge in [-0.3, -0.25) is 4.90 Å². The van der Waals surface area contributed by atoms with Crippen LogP contribution in [0.25, 0.3) is 0 Å². The molecule has 0 radical (unpaired) electrons. The van der Waals surface area contributed by atoms with Gasteiger partial charge in [0.1, 0.15) is 0 Å². The second-order valence-corrected chi connectivity index (χ2v) is 7.62. The van der Waals surface area contributed by atoms with Crippen molar-refractivity contribution in [3.05, 3.63) is 78.4 Å². The van der Waals surface area contributed by atoms with Crippen LogP contribution in [0.4, 0.5) is 21.9 Å². The van der Waals surface area contributed by atoms with Crippen molar-refractivity contribution in [3.8, 4) is 0 Å². The molecule has 0 saturated carbocycles. The summed E-state index contributed by atoms with van der Waals surface area (Å²) in [5, 5.41) is 4.15. The van der Waals surface area contributed by atoms with Gasteiger partial charge in [0.25, 0.3) is 0 Å². The molecule has 2 amide bonds. The van der Waals surface area contributed by atoms with Crippen LogP contribution in [0, 0.1) is 0 Å². The topological polar surface area (TPSA) is 47.9 Å². The van der Waals surface area contributed by atoms with Crippen molar-refractivity contribution in [2.75, 3.05) is 23.9 Å². The standard InChI is InChI=1S/C22H20N4OS/c1-25(2)17-13-11-16(12-14-17)15-23-24-22(27)26-18-7-3-5-9-20(18)28-21-10-6-4-8-19(21)26/h3-15H,1-2H3,(H,24,27)/b23-15+. The highest BCUT2D eigenvalue weighted by Crippen LogP contribution is 2.47. The van der Waals surface area contributed by atoms with E-state index in [0.29, 0.717) is 0 Å². The Bertz CT molecular complexity index is 985. The number of hydrazone groups is 1. The maximum atomic E-state index is 12.9. The Morgan fingerprint density at radius 1 is 0.929 bits per heavy atom. The number of urea groups is 1. The van der Waals surface area contributed by atoms with Gasteiger partial charge in [0.15, 0.2) is 0 Å². The third-order valence-electron chi connectivity index (χ3n) is 4.42. The van der Waals surface area contributed by atoms with Gasteiger partial charge in [0.05, 0.1) is 17.6 Å². The lowest BCUT2D eigenvalue weighted by Crippen LogP contribution is -2.35. The van der Waals surface area contributed by atoms with Crippen LogP contribution in [-0.2, 0) is 0 Å². The van der Waals surface area contributed by atoms with Gasteiger partial charge in [-0.1, -0.05) is 48.2 Å². The molecule has 0 atom stereocenters. The summed E-state index contributed by atoms with van der Waals surface area (Å²) in [6, 6.07) is 23.4. The Hall–Kier alpha value is -3.25. The second-order valence-electron chi connectivity index (χ2n) is 6.53. The van der Waals surface area contributed by atoms with Crippen LogP contribution in [0.2, 0.25) is 0 Å². The molecule has 1 N–H and O–H groups in total. The maximum Gasteiger partial charge on any atom is 0.346 e. The van der Waals surface area contributed by atoms with Crippen LogP contribution in [0.3, 0.4) is 0 Å². The monoisotopic (exact) mass is 388 g/mol. The quantitative estimate of drug-likeness (QED) is 0.502. The first-order valence-corrected chi connectivity index (χ1v) is 9.71. The molecule has 4 rings (SSSR count). The summed E-state index contributed by atoms with van der Waals surface area (Å²) < 4.78 is 0. The molecule has 0 unspecified atom stereocenters. The SMILES string of the molecule is CN(C)c1ccc(/C=N/NC(=O)N2c3ccccc3Sc3ccccc32)cc1. The number of anilines is 3. The molecule has 1 aliphatic rings. The average molecular weight is 388 g/mol. The van der Waals surface area contributed by atoms with E-state index in [1.165, 1.54) is 0 Å². The number of hydrogen-bond acceptors (Lipinski definition) is 4. The van der Waals surface area contributed by atoms with E-state index in [2.05, 4.69) is 10.5 Å². The number of hydrogen-bond donors (Lipinski definition) is 1. The van der Waals surface area contributed by atoms with Gasteiger partial charge >= 0.3 is 6.03 Å². The number of amides is 2. The van der Waals surface area contributed by atoms with Crippen molar-refractivity contribution in [1.29, 1.82) is 0 Å². The third kappa shape index (κ3) is 3.59. The molecule has 0 saturated heterocycles. The van der Waals surface area contributed by atoms with E-state index >= 15 is 0 Å². The molecule has 5 nitrogen and oxygen atoms in total. The smallest absolute Gasteiger partial charge is 0.346 e. The van der Waals surface area contributed by atoms with Gasteiger partial charge in [-0.2, -0.15) is 5.10 Å². The highest BCUT2D eigenvalue weighted by Gasteiger charge is 2.27. The van der Waals surface area contributed by atoms with Crippen molar-refractivity contribution in [2.45, 2.75) is 9.79 Å². The molecular weight excluding hydrogens is 368 g/mol. The fourth-order valence-corrected chi connectivity index (χ4v) is 4.05. The van der Waals surface area contributed by atoms with Crippen LogP contribution in [0.1, 0.15) is 5.56 Å². The van der Waals surface area contributed by atoms with Crippen molar-refractivity contribution >= 4 is 41.1 Å². The van der Waals surface area contributed by atoms with Gasteiger partial charge in [-0.15, -0.1) is 0 Å². The van der Waals surface area contributed by atoms with Gasteiger partial charge in [0, 0.05) is 29.6 Å². The molecule has 28 heavy (non-hydrogen) atoms. The maximum absolute atomic E-state index is 12.9. The molecule has 140 valence electrons. The largest absolute Gasteiger partial charge is 0.378 e. The zero-order chi connectivity index (χ0) is 19.5. The number of carbonyl (C=O) groups is 1. The predicted molar refractivity (Wildman–Crippen MR) is 116 cm³/mol. The molecule has 0 spiro atoms. The van der Waals surface area contributed by atoms with Crippen LogP contribution < -0.4 is 15.2 Å². The van der Waals surface area contributed by atoms with Crippen molar-refractivity contribution in [1.82, 2.24) is 5.43 Å². The molecular formula is C22H20N4OS. The summed E-state index contributed by atoms with van der Waals surface area (Å²) in [6.07, 6.45) is 1.65. The van der Waals surface area contributed by atoms with Crippen molar-refractivity contribution in [3.63, 3.8) is 0 Å². The van der Waals surface area contributed by atoms with E-state index in [1.807, 2.05) is 91.8 Å². The van der Waals surface area contributed by atoms with Crippen LogP contribution >= 0.6 is 11.8 Å². The first-order valence-electron chi connectivity index (χ1n) is 8.90. The molecule has 3 aromatic carbocycles. The number of benzene rings is 3. The lowest BCUT2D eigenvalue weighted by Gasteiger charge is -2.30. The molecule has 0 aromatic heterocycles. The minimum Gasteiger partial charge on any atom is -0.378 e. The van der Waals surface area contributed by atoms with E-state index in [9.17, 15) is 4.79 Å². The van der Waals surface area contributed by atoms with Crippen molar-refractivity contribution in [2.24, 2.45) is 5.10 Å². The highest BCUT2D eigenvalue weighted by molar-refractivity contribution is 7.99. The van der Waals surface area contributed by atoms with Crippen LogP contribution in [0.5, 0.6) is 0 Å². The number of nitrogens with one attached hydrogen (secondary N) is 1. The number of rotatable bonds is 3. The summed E-state index contributed by atoms with van der Waals surface area (Å²) in [5.74, 6) is 0. The molecule has 6 heteroatoms. The molecule has 3 aromatic rings. The summed E-state index contributed by atoms with van der Waals surface area (Å²) >= 11 is 1.66. The van der Waals surface area contributed by atoms with Crippen molar-refractivity contribution < 1.29 is 4.79 Å². The first-order chi connectivity index (χ1) is 13.6. The van der Waals surface area contributed by atoms with Gasteiger partial charge in [0.2, 0.25) is 0 Å². The number of carbonyl (C=O) groups excluding carboxylic acids is 1. The fourth-order valence-electron chi connectivity index (χ4n) is 2.99. The lowest BCUT2D eigenvalue weighted by atomic mass is 10.2. The lowest BCUT2D eigenvalue weighted by molar-refractivity contribution is 0.249. The fraction of sp³-hybridized carbons (Fsp3) is 0.0909. The number of para-hydroxylation sites is 2. The Kier molecular flexibility index (Phi) is 5.04. The Morgan fingerprint density at radius 3 is 2.07 bits per heavy atom. The van der Waals surface area contributed by atoms with E-state index in [4.69, 9.17) is 0 Å². The zero-order valence-electron chi connectivity index (χ0n) is 15.7. The Morgan fingerprint density at radius 2 is 1.50 bits per heavy atom. The molecule has 1 heterocycles. The van der Waals surface area contributed by atoms with E-state index < -0.39 is 0 Å². The molecule has 1 aliphatic heterocycles. The molecule has 0 fully saturated rings. The summed E-state index contributed by atoms with van der Waals surface area (Å²) in [5.41, 5.74) is 6.40. The third-order valence-corrected chi connectivity index (χ3v) is 5.55. The minimum atomic E-state index is -0.290. The van der Waals surface area contributed by atoms with E-state index in [-0.39, 0.29) is 6.03 Å².